The second kappa shape index (κ2) is 6.21. The zero-order valence-electron chi connectivity index (χ0n) is 12.5. The highest BCUT2D eigenvalue weighted by atomic mass is 79.9. The molecule has 4 aromatic rings. The summed E-state index contributed by atoms with van der Waals surface area (Å²) in [5.41, 5.74) is 1.54. The van der Waals surface area contributed by atoms with Gasteiger partial charge in [-0.1, -0.05) is 28.1 Å². The third-order valence-electron chi connectivity index (χ3n) is 3.44. The number of fused-ring (bicyclic) bond motifs is 1. The molecule has 0 saturated heterocycles. The first-order valence-electron chi connectivity index (χ1n) is 7.20. The Morgan fingerprint density at radius 3 is 2.72 bits per heavy atom. The van der Waals surface area contributed by atoms with Gasteiger partial charge in [0.1, 0.15) is 11.3 Å². The Morgan fingerprint density at radius 2 is 1.92 bits per heavy atom. The number of rotatable bonds is 3. The van der Waals surface area contributed by atoms with Crippen LogP contribution < -0.4 is 4.74 Å². The summed E-state index contributed by atoms with van der Waals surface area (Å²) in [6.07, 6.45) is 1.44. The van der Waals surface area contributed by atoms with E-state index in [1.165, 1.54) is 12.4 Å². The molecule has 2 aromatic carbocycles. The minimum Gasteiger partial charge on any atom is -0.434 e. The number of H-pyrrole nitrogens is 1. The molecule has 0 saturated carbocycles. The number of ether oxygens (including phenoxy) is 1. The van der Waals surface area contributed by atoms with Crippen LogP contribution in [0, 0.1) is 11.6 Å². The fraction of sp³-hybridized carbons (Fsp3) is 0. The molecule has 0 unspecified atom stereocenters. The molecule has 2 aromatic heterocycles. The topological polar surface area (TPSA) is 63.7 Å². The highest BCUT2D eigenvalue weighted by Crippen LogP contribution is 2.30. The van der Waals surface area contributed by atoms with Gasteiger partial charge in [-0.05, 0) is 24.3 Å². The molecule has 0 radical (unpaired) electrons. The van der Waals surface area contributed by atoms with Crippen molar-refractivity contribution < 1.29 is 13.5 Å². The summed E-state index contributed by atoms with van der Waals surface area (Å²) in [4.78, 5) is 15.7. The Labute approximate surface area is 148 Å². The Morgan fingerprint density at radius 1 is 1.04 bits per heavy atom. The van der Waals surface area contributed by atoms with Crippen molar-refractivity contribution in [3.8, 4) is 23.0 Å². The van der Waals surface area contributed by atoms with Gasteiger partial charge < -0.3 is 9.72 Å². The van der Waals surface area contributed by atoms with E-state index in [9.17, 15) is 8.78 Å². The van der Waals surface area contributed by atoms with Crippen LogP contribution in [0.15, 0.2) is 53.3 Å². The van der Waals surface area contributed by atoms with Crippen LogP contribution in [0.2, 0.25) is 0 Å². The van der Waals surface area contributed by atoms with Crippen LogP contribution in [0.1, 0.15) is 0 Å². The lowest BCUT2D eigenvalue weighted by Gasteiger charge is -2.08. The SMILES string of the molecule is Fc1ccc(Oc2nc(-c3cccc(Br)c3)nc3nc[nH]c23)c(F)c1. The third kappa shape index (κ3) is 3.08. The van der Waals surface area contributed by atoms with E-state index >= 15 is 0 Å². The van der Waals surface area contributed by atoms with Gasteiger partial charge in [0.25, 0.3) is 0 Å². The van der Waals surface area contributed by atoms with E-state index in [-0.39, 0.29) is 11.6 Å². The van der Waals surface area contributed by atoms with Crippen molar-refractivity contribution in [3.05, 3.63) is 64.9 Å². The Hall–Kier alpha value is -2.87. The maximum Gasteiger partial charge on any atom is 0.249 e. The molecule has 0 spiro atoms. The molecule has 0 aliphatic carbocycles. The number of benzene rings is 2. The third-order valence-corrected chi connectivity index (χ3v) is 3.93. The van der Waals surface area contributed by atoms with Crippen molar-refractivity contribution in [2.75, 3.05) is 0 Å². The number of aromatic nitrogens is 4. The van der Waals surface area contributed by atoms with Crippen LogP contribution in [-0.4, -0.2) is 19.9 Å². The summed E-state index contributed by atoms with van der Waals surface area (Å²) in [6.45, 7) is 0. The van der Waals surface area contributed by atoms with Crippen molar-refractivity contribution in [1.82, 2.24) is 19.9 Å². The summed E-state index contributed by atoms with van der Waals surface area (Å²) in [7, 11) is 0. The molecule has 5 nitrogen and oxygen atoms in total. The molecule has 0 atom stereocenters. The largest absolute Gasteiger partial charge is 0.434 e. The summed E-state index contributed by atoms with van der Waals surface area (Å²) in [6, 6.07) is 10.5. The van der Waals surface area contributed by atoms with Crippen LogP contribution in [0.5, 0.6) is 11.6 Å². The number of aromatic amines is 1. The predicted octanol–water partition coefficient (Wildman–Crippen LogP) is 4.85. The van der Waals surface area contributed by atoms with Gasteiger partial charge in [-0.3, -0.25) is 0 Å². The predicted molar refractivity (Wildman–Crippen MR) is 91.3 cm³/mol. The number of nitrogens with zero attached hydrogens (tertiary/aromatic N) is 3. The van der Waals surface area contributed by atoms with Gasteiger partial charge in [-0.25, -0.2) is 18.7 Å². The summed E-state index contributed by atoms with van der Waals surface area (Å²) >= 11 is 3.40. The standard InChI is InChI=1S/C17H9BrF2N4O/c18-10-3-1-2-9(6-10)15-23-16-14(21-8-22-16)17(24-15)25-13-5-4-11(19)7-12(13)20/h1-8H,(H,21,22,23,24). The number of imidazole rings is 1. The number of hydrogen-bond donors (Lipinski definition) is 1. The van der Waals surface area contributed by atoms with Gasteiger partial charge in [-0.15, -0.1) is 0 Å². The van der Waals surface area contributed by atoms with Gasteiger partial charge >= 0.3 is 0 Å². The lowest BCUT2D eigenvalue weighted by atomic mass is 10.2. The highest BCUT2D eigenvalue weighted by molar-refractivity contribution is 9.10. The lowest BCUT2D eigenvalue weighted by Crippen LogP contribution is -1.97. The first-order chi connectivity index (χ1) is 12.1. The molecular weight excluding hydrogens is 394 g/mol. The Bertz CT molecular complexity index is 1080. The van der Waals surface area contributed by atoms with E-state index in [0.29, 0.717) is 17.0 Å². The molecule has 25 heavy (non-hydrogen) atoms. The Kier molecular flexibility index (Phi) is 3.89. The van der Waals surface area contributed by atoms with E-state index in [0.717, 1.165) is 22.2 Å². The average Bonchev–Trinajstić information content (AvgIpc) is 3.06. The van der Waals surface area contributed by atoms with Crippen LogP contribution in [0.3, 0.4) is 0 Å². The number of nitrogens with one attached hydrogen (secondary N) is 1. The first-order valence-corrected chi connectivity index (χ1v) is 7.99. The smallest absolute Gasteiger partial charge is 0.249 e. The summed E-state index contributed by atoms with van der Waals surface area (Å²) in [5, 5.41) is 0. The normalized spacial score (nSPS) is 11.0. The van der Waals surface area contributed by atoms with E-state index < -0.39 is 11.6 Å². The van der Waals surface area contributed by atoms with E-state index in [4.69, 9.17) is 4.74 Å². The fourth-order valence-electron chi connectivity index (χ4n) is 2.30. The van der Waals surface area contributed by atoms with Gasteiger partial charge in [-0.2, -0.15) is 4.98 Å². The van der Waals surface area contributed by atoms with E-state index in [2.05, 4.69) is 35.9 Å². The van der Waals surface area contributed by atoms with Crippen molar-refractivity contribution >= 4 is 27.1 Å². The van der Waals surface area contributed by atoms with Crippen molar-refractivity contribution in [1.29, 1.82) is 0 Å². The molecule has 4 rings (SSSR count). The second-order valence-electron chi connectivity index (χ2n) is 5.14. The van der Waals surface area contributed by atoms with Crippen LogP contribution in [-0.2, 0) is 0 Å². The molecule has 2 heterocycles. The lowest BCUT2D eigenvalue weighted by molar-refractivity contribution is 0.427. The second-order valence-corrected chi connectivity index (χ2v) is 6.06. The van der Waals surface area contributed by atoms with Gasteiger partial charge in [0.2, 0.25) is 5.88 Å². The van der Waals surface area contributed by atoms with Crippen LogP contribution in [0.25, 0.3) is 22.6 Å². The molecule has 0 aliphatic heterocycles. The molecule has 0 bridgehead atoms. The minimum absolute atomic E-state index is 0.1000. The van der Waals surface area contributed by atoms with Crippen LogP contribution >= 0.6 is 15.9 Å². The highest BCUT2D eigenvalue weighted by Gasteiger charge is 2.15. The number of hydrogen-bond acceptors (Lipinski definition) is 4. The van der Waals surface area contributed by atoms with Crippen molar-refractivity contribution in [2.45, 2.75) is 0 Å². The maximum absolute atomic E-state index is 13.9. The molecule has 0 amide bonds. The quantitative estimate of drug-likeness (QED) is 0.531. The van der Waals surface area contributed by atoms with Crippen LogP contribution in [0.4, 0.5) is 8.78 Å². The molecule has 8 heteroatoms. The summed E-state index contributed by atoms with van der Waals surface area (Å²) < 4.78 is 33.4. The minimum atomic E-state index is -0.824. The van der Waals surface area contributed by atoms with Crippen molar-refractivity contribution in [2.24, 2.45) is 0 Å². The zero-order chi connectivity index (χ0) is 17.4. The molecule has 0 aliphatic rings. The molecule has 124 valence electrons. The summed E-state index contributed by atoms with van der Waals surface area (Å²) in [5.74, 6) is -1.18. The van der Waals surface area contributed by atoms with E-state index in [1.54, 1.807) is 0 Å². The molecule has 1 N–H and O–H groups in total. The first kappa shape index (κ1) is 15.6. The Balaban J connectivity index is 1.83. The fourth-order valence-corrected chi connectivity index (χ4v) is 2.70. The zero-order valence-corrected chi connectivity index (χ0v) is 14.1. The van der Waals surface area contributed by atoms with Gasteiger partial charge in [0.15, 0.2) is 23.0 Å². The molecular formula is C17H9BrF2N4O. The van der Waals surface area contributed by atoms with Gasteiger partial charge in [0.05, 0.1) is 6.33 Å². The molecule has 0 fully saturated rings. The number of halogens is 3. The van der Waals surface area contributed by atoms with E-state index in [1.807, 2.05) is 24.3 Å². The maximum atomic E-state index is 13.9. The van der Waals surface area contributed by atoms with Gasteiger partial charge in [0, 0.05) is 16.1 Å². The van der Waals surface area contributed by atoms with Crippen molar-refractivity contribution in [3.63, 3.8) is 0 Å². The average molecular weight is 403 g/mol. The monoisotopic (exact) mass is 402 g/mol.